The van der Waals surface area contributed by atoms with Crippen molar-refractivity contribution in [2.45, 2.75) is 51.5 Å². The SMILES string of the molecule is O=C(NCc1ccc(OCC2CC2)nc1)c1cccc(NC(=O)C2CCCCC2)c1. The number of nitrogens with zero attached hydrogens (tertiary/aromatic N) is 1. The van der Waals surface area contributed by atoms with Gasteiger partial charge in [-0.15, -0.1) is 0 Å². The predicted molar refractivity (Wildman–Crippen MR) is 115 cm³/mol. The first kappa shape index (κ1) is 20.4. The van der Waals surface area contributed by atoms with Crippen LogP contribution in [0.2, 0.25) is 0 Å². The Bertz CT molecular complexity index is 872. The van der Waals surface area contributed by atoms with E-state index in [1.165, 1.54) is 19.3 Å². The number of carbonyl (C=O) groups is 2. The molecule has 0 atom stereocenters. The lowest BCUT2D eigenvalue weighted by atomic mass is 9.88. The van der Waals surface area contributed by atoms with Gasteiger partial charge in [-0.25, -0.2) is 4.98 Å². The summed E-state index contributed by atoms with van der Waals surface area (Å²) in [5.74, 6) is 1.27. The van der Waals surface area contributed by atoms with E-state index in [0.29, 0.717) is 29.6 Å². The highest BCUT2D eigenvalue weighted by molar-refractivity contribution is 5.97. The molecule has 1 heterocycles. The summed E-state index contributed by atoms with van der Waals surface area (Å²) >= 11 is 0. The quantitative estimate of drug-likeness (QED) is 0.683. The largest absolute Gasteiger partial charge is 0.477 e. The molecule has 6 heteroatoms. The Labute approximate surface area is 177 Å². The minimum atomic E-state index is -0.183. The van der Waals surface area contributed by atoms with E-state index in [4.69, 9.17) is 4.74 Å². The van der Waals surface area contributed by atoms with Crippen molar-refractivity contribution in [1.82, 2.24) is 10.3 Å². The fraction of sp³-hybridized carbons (Fsp3) is 0.458. The van der Waals surface area contributed by atoms with Crippen molar-refractivity contribution in [3.63, 3.8) is 0 Å². The van der Waals surface area contributed by atoms with Crippen LogP contribution in [0.25, 0.3) is 0 Å². The van der Waals surface area contributed by atoms with Crippen molar-refractivity contribution in [2.75, 3.05) is 11.9 Å². The van der Waals surface area contributed by atoms with E-state index in [0.717, 1.165) is 37.9 Å². The van der Waals surface area contributed by atoms with E-state index >= 15 is 0 Å². The first-order chi connectivity index (χ1) is 14.7. The van der Waals surface area contributed by atoms with Gasteiger partial charge in [-0.3, -0.25) is 9.59 Å². The van der Waals surface area contributed by atoms with Crippen LogP contribution >= 0.6 is 0 Å². The molecular formula is C24H29N3O3. The van der Waals surface area contributed by atoms with Gasteiger partial charge in [0.05, 0.1) is 6.61 Å². The number of carbonyl (C=O) groups excluding carboxylic acids is 2. The maximum atomic E-state index is 12.5. The van der Waals surface area contributed by atoms with Gasteiger partial charge in [0, 0.05) is 36.0 Å². The van der Waals surface area contributed by atoms with E-state index < -0.39 is 0 Å². The van der Waals surface area contributed by atoms with Crippen LogP contribution in [-0.2, 0) is 11.3 Å². The Kier molecular flexibility index (Phi) is 6.62. The summed E-state index contributed by atoms with van der Waals surface area (Å²) in [6.07, 6.45) is 9.56. The van der Waals surface area contributed by atoms with Crippen LogP contribution in [0.5, 0.6) is 5.88 Å². The van der Waals surface area contributed by atoms with Gasteiger partial charge < -0.3 is 15.4 Å². The van der Waals surface area contributed by atoms with E-state index in [1.54, 1.807) is 24.4 Å². The third-order valence-corrected chi connectivity index (χ3v) is 5.78. The van der Waals surface area contributed by atoms with Crippen LogP contribution in [0.4, 0.5) is 5.69 Å². The normalized spacial score (nSPS) is 16.7. The van der Waals surface area contributed by atoms with Crippen LogP contribution in [-0.4, -0.2) is 23.4 Å². The summed E-state index contributed by atoms with van der Waals surface area (Å²) in [7, 11) is 0. The molecule has 2 fully saturated rings. The Balaban J connectivity index is 1.27. The molecule has 0 saturated heterocycles. The highest BCUT2D eigenvalue weighted by Crippen LogP contribution is 2.29. The Morgan fingerprint density at radius 3 is 2.60 bits per heavy atom. The molecule has 30 heavy (non-hydrogen) atoms. The first-order valence-electron chi connectivity index (χ1n) is 10.9. The molecule has 0 bridgehead atoms. The second-order valence-corrected chi connectivity index (χ2v) is 8.35. The predicted octanol–water partition coefficient (Wildman–Crippen LogP) is 4.32. The highest BCUT2D eigenvalue weighted by atomic mass is 16.5. The topological polar surface area (TPSA) is 80.3 Å². The molecule has 4 rings (SSSR count). The van der Waals surface area contributed by atoms with Crippen LogP contribution in [0.1, 0.15) is 60.9 Å². The average molecular weight is 408 g/mol. The molecule has 6 nitrogen and oxygen atoms in total. The zero-order chi connectivity index (χ0) is 20.8. The fourth-order valence-corrected chi connectivity index (χ4v) is 3.72. The van der Waals surface area contributed by atoms with Crippen molar-refractivity contribution in [3.05, 3.63) is 53.7 Å². The summed E-state index contributed by atoms with van der Waals surface area (Å²) in [6, 6.07) is 10.8. The number of nitrogens with one attached hydrogen (secondary N) is 2. The molecule has 0 spiro atoms. The third kappa shape index (κ3) is 5.81. The maximum absolute atomic E-state index is 12.5. The van der Waals surface area contributed by atoms with Gasteiger partial charge in [0.15, 0.2) is 0 Å². The monoisotopic (exact) mass is 407 g/mol. The van der Waals surface area contributed by atoms with Crippen molar-refractivity contribution in [3.8, 4) is 5.88 Å². The summed E-state index contributed by atoms with van der Waals surface area (Å²) in [6.45, 7) is 1.12. The Hall–Kier alpha value is -2.89. The van der Waals surface area contributed by atoms with Gasteiger partial charge in [0.1, 0.15) is 0 Å². The third-order valence-electron chi connectivity index (χ3n) is 5.78. The molecule has 2 amide bonds. The lowest BCUT2D eigenvalue weighted by Crippen LogP contribution is -2.25. The van der Waals surface area contributed by atoms with Crippen LogP contribution in [0.3, 0.4) is 0 Å². The number of hydrogen-bond acceptors (Lipinski definition) is 4. The van der Waals surface area contributed by atoms with Crippen molar-refractivity contribution in [2.24, 2.45) is 11.8 Å². The molecule has 1 aromatic heterocycles. The number of pyridine rings is 1. The average Bonchev–Trinajstić information content (AvgIpc) is 3.62. The highest BCUT2D eigenvalue weighted by Gasteiger charge is 2.22. The number of rotatable bonds is 8. The van der Waals surface area contributed by atoms with Gasteiger partial charge in [-0.05, 0) is 55.4 Å². The molecule has 0 radical (unpaired) electrons. The van der Waals surface area contributed by atoms with Gasteiger partial charge in [0.25, 0.3) is 5.91 Å². The Morgan fingerprint density at radius 1 is 1.03 bits per heavy atom. The minimum absolute atomic E-state index is 0.0577. The lowest BCUT2D eigenvalue weighted by Gasteiger charge is -2.20. The summed E-state index contributed by atoms with van der Waals surface area (Å²) in [4.78, 5) is 29.3. The van der Waals surface area contributed by atoms with Crippen molar-refractivity contribution in [1.29, 1.82) is 0 Å². The van der Waals surface area contributed by atoms with E-state index in [1.807, 2.05) is 18.2 Å². The van der Waals surface area contributed by atoms with Gasteiger partial charge in [-0.1, -0.05) is 31.4 Å². The number of benzene rings is 1. The molecular weight excluding hydrogens is 378 g/mol. The number of aromatic nitrogens is 1. The maximum Gasteiger partial charge on any atom is 0.251 e. The molecule has 1 aromatic carbocycles. The number of anilines is 1. The summed E-state index contributed by atoms with van der Waals surface area (Å²) in [5, 5.41) is 5.87. The van der Waals surface area contributed by atoms with Gasteiger partial charge >= 0.3 is 0 Å². The zero-order valence-electron chi connectivity index (χ0n) is 17.2. The molecule has 0 unspecified atom stereocenters. The molecule has 2 N–H and O–H groups in total. The van der Waals surface area contributed by atoms with E-state index in [9.17, 15) is 9.59 Å². The molecule has 2 saturated carbocycles. The second kappa shape index (κ2) is 9.74. The van der Waals surface area contributed by atoms with Crippen molar-refractivity contribution >= 4 is 17.5 Å². The second-order valence-electron chi connectivity index (χ2n) is 8.35. The molecule has 2 aliphatic carbocycles. The van der Waals surface area contributed by atoms with Crippen LogP contribution in [0.15, 0.2) is 42.6 Å². The van der Waals surface area contributed by atoms with Gasteiger partial charge in [0.2, 0.25) is 11.8 Å². The van der Waals surface area contributed by atoms with Crippen molar-refractivity contribution < 1.29 is 14.3 Å². The lowest BCUT2D eigenvalue weighted by molar-refractivity contribution is -0.120. The molecule has 2 aliphatic rings. The first-order valence-corrected chi connectivity index (χ1v) is 10.9. The van der Waals surface area contributed by atoms with Crippen LogP contribution in [0, 0.1) is 11.8 Å². The van der Waals surface area contributed by atoms with Crippen LogP contribution < -0.4 is 15.4 Å². The van der Waals surface area contributed by atoms with E-state index in [-0.39, 0.29) is 17.7 Å². The minimum Gasteiger partial charge on any atom is -0.477 e. The molecule has 2 aromatic rings. The number of ether oxygens (including phenoxy) is 1. The number of hydrogen-bond donors (Lipinski definition) is 2. The Morgan fingerprint density at radius 2 is 1.87 bits per heavy atom. The zero-order valence-corrected chi connectivity index (χ0v) is 17.2. The summed E-state index contributed by atoms with van der Waals surface area (Å²) < 4.78 is 5.64. The standard InChI is InChI=1S/C24H29N3O3/c28-23(26-15-18-11-12-22(25-14-18)30-16-17-9-10-17)20-7-4-8-21(13-20)27-24(29)19-5-2-1-3-6-19/h4,7-8,11-14,17,19H,1-3,5-6,9-10,15-16H2,(H,26,28)(H,27,29). The fourth-order valence-electron chi connectivity index (χ4n) is 3.72. The van der Waals surface area contributed by atoms with E-state index in [2.05, 4.69) is 15.6 Å². The van der Waals surface area contributed by atoms with Gasteiger partial charge in [-0.2, -0.15) is 0 Å². The smallest absolute Gasteiger partial charge is 0.251 e. The molecule has 0 aliphatic heterocycles. The number of amides is 2. The summed E-state index contributed by atoms with van der Waals surface area (Å²) in [5.41, 5.74) is 2.09. The molecule has 158 valence electrons.